The third-order valence-electron chi connectivity index (χ3n) is 6.20. The predicted molar refractivity (Wildman–Crippen MR) is 115 cm³/mol. The first-order valence-corrected chi connectivity index (χ1v) is 10.4. The van der Waals surface area contributed by atoms with E-state index in [1.807, 2.05) is 0 Å². The molecule has 2 aromatic carbocycles. The molecule has 2 heterocycles. The fourth-order valence-corrected chi connectivity index (χ4v) is 4.63. The number of rotatable bonds is 4. The first-order valence-electron chi connectivity index (χ1n) is 10.4. The summed E-state index contributed by atoms with van der Waals surface area (Å²) < 4.78 is 4.83. The number of para-hydroxylation sites is 1. The van der Waals surface area contributed by atoms with Crippen LogP contribution in [0.25, 0.3) is 10.9 Å². The van der Waals surface area contributed by atoms with Crippen molar-refractivity contribution in [2.45, 2.75) is 45.7 Å². The maximum absolute atomic E-state index is 2.56. The van der Waals surface area contributed by atoms with Crippen LogP contribution in [-0.2, 0) is 25.9 Å². The van der Waals surface area contributed by atoms with Gasteiger partial charge in [-0.05, 0) is 55.4 Å². The quantitative estimate of drug-likeness (QED) is 0.438. The Kier molecular flexibility index (Phi) is 4.48. The van der Waals surface area contributed by atoms with Crippen molar-refractivity contribution in [1.82, 2.24) is 4.57 Å². The topological polar surface area (TPSA) is 8.81 Å². The lowest BCUT2D eigenvalue weighted by Crippen LogP contribution is -2.33. The van der Waals surface area contributed by atoms with Crippen LogP contribution < -0.4 is 4.57 Å². The summed E-state index contributed by atoms with van der Waals surface area (Å²) in [5.41, 5.74) is 8.65. The Labute approximate surface area is 167 Å². The van der Waals surface area contributed by atoms with E-state index in [9.17, 15) is 0 Å². The van der Waals surface area contributed by atoms with E-state index < -0.39 is 0 Å². The second-order valence-electron chi connectivity index (χ2n) is 8.04. The van der Waals surface area contributed by atoms with Gasteiger partial charge in [-0.2, -0.15) is 0 Å². The van der Waals surface area contributed by atoms with Gasteiger partial charge in [-0.3, -0.25) is 0 Å². The van der Waals surface area contributed by atoms with Crippen LogP contribution in [0.1, 0.15) is 40.8 Å². The van der Waals surface area contributed by atoms with Crippen molar-refractivity contribution >= 4 is 10.9 Å². The van der Waals surface area contributed by atoms with Crippen molar-refractivity contribution < 1.29 is 4.57 Å². The molecule has 1 aliphatic carbocycles. The third kappa shape index (κ3) is 3.13. The van der Waals surface area contributed by atoms with E-state index in [0.717, 1.165) is 13.1 Å². The molecule has 0 unspecified atom stereocenters. The third-order valence-corrected chi connectivity index (χ3v) is 6.20. The van der Waals surface area contributed by atoms with Crippen LogP contribution in [0.15, 0.2) is 73.1 Å². The highest BCUT2D eigenvalue weighted by atomic mass is 15.0. The van der Waals surface area contributed by atoms with E-state index in [1.54, 1.807) is 11.3 Å². The Morgan fingerprint density at radius 3 is 2.46 bits per heavy atom. The fourth-order valence-electron chi connectivity index (χ4n) is 4.63. The zero-order valence-electron chi connectivity index (χ0n) is 16.6. The molecule has 4 aromatic rings. The monoisotopic (exact) mass is 367 g/mol. The Morgan fingerprint density at radius 2 is 1.61 bits per heavy atom. The van der Waals surface area contributed by atoms with Gasteiger partial charge in [0.25, 0.3) is 0 Å². The molecule has 2 nitrogen and oxygen atoms in total. The Morgan fingerprint density at radius 1 is 0.857 bits per heavy atom. The van der Waals surface area contributed by atoms with Crippen LogP contribution in [0.4, 0.5) is 0 Å². The molecular weight excluding hydrogens is 340 g/mol. The molecule has 1 aliphatic rings. The molecule has 0 atom stereocenters. The van der Waals surface area contributed by atoms with E-state index in [4.69, 9.17) is 0 Å². The standard InChI is InChI=1S/C26H27N2/c1-20-8-2-3-9-22(20)19-27-16-14-21(15-17-27)18-28-25-12-6-4-10-23(25)24-11-5-7-13-26(24)28/h2-4,6,8-10,12,14-17H,5,7,11,13,18-19H2,1H3/q+1. The number of benzene rings is 2. The van der Waals surface area contributed by atoms with Crippen LogP contribution in [-0.4, -0.2) is 4.57 Å². The highest BCUT2D eigenvalue weighted by molar-refractivity contribution is 5.86. The van der Waals surface area contributed by atoms with E-state index in [0.29, 0.717) is 0 Å². The number of pyridine rings is 1. The zero-order chi connectivity index (χ0) is 18.9. The summed E-state index contributed by atoms with van der Waals surface area (Å²) in [5.74, 6) is 0. The smallest absolute Gasteiger partial charge is 0.174 e. The van der Waals surface area contributed by atoms with Gasteiger partial charge in [-0.25, -0.2) is 4.57 Å². The van der Waals surface area contributed by atoms with Crippen LogP contribution in [0.3, 0.4) is 0 Å². The minimum Gasteiger partial charge on any atom is -0.340 e. The number of fused-ring (bicyclic) bond motifs is 3. The SMILES string of the molecule is Cc1ccccc1C[n+]1ccc(Cn2c3c(c4ccccc42)CCCC3)cc1. The normalized spacial score (nSPS) is 13.6. The first kappa shape index (κ1) is 17.2. The molecule has 0 saturated heterocycles. The summed E-state index contributed by atoms with van der Waals surface area (Å²) >= 11 is 0. The fraction of sp³-hybridized carbons (Fsp3) is 0.269. The highest BCUT2D eigenvalue weighted by Crippen LogP contribution is 2.32. The van der Waals surface area contributed by atoms with Crippen molar-refractivity contribution in [3.8, 4) is 0 Å². The molecule has 0 amide bonds. The molecule has 140 valence electrons. The molecule has 2 aromatic heterocycles. The summed E-state index contributed by atoms with van der Waals surface area (Å²) in [5, 5.41) is 1.46. The summed E-state index contributed by atoms with van der Waals surface area (Å²) in [6.45, 7) is 4.07. The van der Waals surface area contributed by atoms with Gasteiger partial charge in [-0.1, -0.05) is 42.5 Å². The van der Waals surface area contributed by atoms with E-state index in [2.05, 4.69) is 89.1 Å². The number of hydrogen-bond acceptors (Lipinski definition) is 0. The maximum atomic E-state index is 2.56. The number of aryl methyl sites for hydroxylation is 2. The second-order valence-corrected chi connectivity index (χ2v) is 8.04. The average Bonchev–Trinajstić information content (AvgIpc) is 3.05. The van der Waals surface area contributed by atoms with Crippen molar-refractivity contribution in [2.24, 2.45) is 0 Å². The Hall–Kier alpha value is -2.87. The van der Waals surface area contributed by atoms with Crippen LogP contribution in [0.2, 0.25) is 0 Å². The van der Waals surface area contributed by atoms with Crippen molar-refractivity contribution in [3.63, 3.8) is 0 Å². The van der Waals surface area contributed by atoms with Gasteiger partial charge >= 0.3 is 0 Å². The summed E-state index contributed by atoms with van der Waals surface area (Å²) in [6.07, 6.45) is 9.53. The van der Waals surface area contributed by atoms with Crippen LogP contribution in [0.5, 0.6) is 0 Å². The van der Waals surface area contributed by atoms with Crippen LogP contribution >= 0.6 is 0 Å². The van der Waals surface area contributed by atoms with E-state index in [1.165, 1.54) is 53.3 Å². The molecule has 0 radical (unpaired) electrons. The Bertz CT molecular complexity index is 1120. The maximum Gasteiger partial charge on any atom is 0.174 e. The molecule has 28 heavy (non-hydrogen) atoms. The van der Waals surface area contributed by atoms with Crippen molar-refractivity contribution in [2.75, 3.05) is 0 Å². The number of hydrogen-bond donors (Lipinski definition) is 0. The molecular formula is C26H27N2+. The van der Waals surface area contributed by atoms with Gasteiger partial charge in [0, 0.05) is 40.8 Å². The molecule has 0 fully saturated rings. The summed E-state index contributed by atoms with van der Waals surface area (Å²) in [6, 6.07) is 22.1. The van der Waals surface area contributed by atoms with Gasteiger partial charge in [-0.15, -0.1) is 0 Å². The molecule has 0 spiro atoms. The Balaban J connectivity index is 1.43. The molecule has 0 aliphatic heterocycles. The minimum atomic E-state index is 0.925. The highest BCUT2D eigenvalue weighted by Gasteiger charge is 2.19. The molecule has 0 saturated carbocycles. The number of aromatic nitrogens is 2. The van der Waals surface area contributed by atoms with Crippen LogP contribution in [0, 0.1) is 6.92 Å². The zero-order valence-corrected chi connectivity index (χ0v) is 16.6. The predicted octanol–water partition coefficient (Wildman–Crippen LogP) is 5.21. The first-order chi connectivity index (χ1) is 13.8. The van der Waals surface area contributed by atoms with Gasteiger partial charge in [0.05, 0.1) is 0 Å². The van der Waals surface area contributed by atoms with Crippen molar-refractivity contribution in [3.05, 3.63) is 101 Å². The molecule has 2 heteroatoms. The van der Waals surface area contributed by atoms with Crippen molar-refractivity contribution in [1.29, 1.82) is 0 Å². The lowest BCUT2D eigenvalue weighted by atomic mass is 9.95. The average molecular weight is 368 g/mol. The van der Waals surface area contributed by atoms with Gasteiger partial charge < -0.3 is 4.57 Å². The largest absolute Gasteiger partial charge is 0.340 e. The minimum absolute atomic E-state index is 0.925. The second kappa shape index (κ2) is 7.27. The summed E-state index contributed by atoms with van der Waals surface area (Å²) in [4.78, 5) is 0. The van der Waals surface area contributed by atoms with E-state index >= 15 is 0 Å². The van der Waals surface area contributed by atoms with Gasteiger partial charge in [0.2, 0.25) is 0 Å². The van der Waals surface area contributed by atoms with E-state index in [-0.39, 0.29) is 0 Å². The summed E-state index contributed by atoms with van der Waals surface area (Å²) in [7, 11) is 0. The lowest BCUT2D eigenvalue weighted by molar-refractivity contribution is -0.688. The lowest BCUT2D eigenvalue weighted by Gasteiger charge is -2.16. The van der Waals surface area contributed by atoms with Gasteiger partial charge in [0.1, 0.15) is 0 Å². The molecule has 0 bridgehead atoms. The molecule has 0 N–H and O–H groups in total. The number of nitrogens with zero attached hydrogens (tertiary/aromatic N) is 2. The van der Waals surface area contributed by atoms with Gasteiger partial charge in [0.15, 0.2) is 18.9 Å². The molecule has 5 rings (SSSR count).